The molecule has 1 N–H and O–H groups in total. The second-order valence-electron chi connectivity index (χ2n) is 50.9. The summed E-state index contributed by atoms with van der Waals surface area (Å²) in [6.07, 6.45) is 36.6. The molecule has 0 aromatic carbocycles. The van der Waals surface area contributed by atoms with Gasteiger partial charge in [0.25, 0.3) is 0 Å². The lowest BCUT2D eigenvalue weighted by molar-refractivity contribution is -0.225. The first-order chi connectivity index (χ1) is 62.3. The molecule has 20 rings (SSSR count). The molecule has 16 saturated carbocycles. The zero-order valence-electron chi connectivity index (χ0n) is 88.4. The van der Waals surface area contributed by atoms with Gasteiger partial charge in [0, 0.05) is 23.7 Å². The molecule has 0 aromatic rings. The van der Waals surface area contributed by atoms with Gasteiger partial charge in [0.1, 0.15) is 59.0 Å². The number of carbonyl (C=O) groups excluding carboxylic acids is 10. The number of fused-ring (bicyclic) bond motifs is 2. The van der Waals surface area contributed by atoms with Crippen molar-refractivity contribution in [3.05, 3.63) is 0 Å². The summed E-state index contributed by atoms with van der Waals surface area (Å²) in [5, 5.41) is 10.6. The fourth-order valence-corrected chi connectivity index (χ4v) is 26.4. The molecule has 4 aliphatic heterocycles. The molecule has 23 heteroatoms. The van der Waals surface area contributed by atoms with E-state index < -0.39 is 46.5 Å². The topological polar surface area (TPSA) is 302 Å². The van der Waals surface area contributed by atoms with Crippen molar-refractivity contribution in [3.8, 4) is 0 Å². The van der Waals surface area contributed by atoms with Gasteiger partial charge in [0.05, 0.1) is 67.5 Å². The lowest BCUT2D eigenvalue weighted by Gasteiger charge is -2.61. The minimum Gasteiger partial charge on any atom is -0.463 e. The predicted molar refractivity (Wildman–Crippen MR) is 511 cm³/mol. The molecule has 4 heterocycles. The Morgan fingerprint density at radius 2 is 0.821 bits per heavy atom. The molecule has 14 atom stereocenters. The summed E-state index contributed by atoms with van der Waals surface area (Å²) < 4.78 is 68.1. The molecule has 14 unspecified atom stereocenters. The Bertz CT molecular complexity index is 3980. The molecule has 134 heavy (non-hydrogen) atoms. The summed E-state index contributed by atoms with van der Waals surface area (Å²) in [6.45, 7) is 55.7. The molecule has 0 spiro atoms. The first-order valence-electron chi connectivity index (χ1n) is 53.4. The van der Waals surface area contributed by atoms with Gasteiger partial charge in [-0.2, -0.15) is 0 Å². The zero-order chi connectivity index (χ0) is 99.3. The predicted octanol–water partition coefficient (Wildman–Crippen LogP) is 22.7. The van der Waals surface area contributed by atoms with Crippen LogP contribution in [0.1, 0.15) is 425 Å². The third-order valence-corrected chi connectivity index (χ3v) is 38.2. The Balaban J connectivity index is 0.000000151. The highest BCUT2D eigenvalue weighted by molar-refractivity contribution is 5.82. The highest BCUT2D eigenvalue weighted by Gasteiger charge is 2.69. The van der Waals surface area contributed by atoms with E-state index in [0.717, 1.165) is 139 Å². The number of carbonyl (C=O) groups is 10. The summed E-state index contributed by atoms with van der Waals surface area (Å²) in [6, 6.07) is 0. The maximum absolute atomic E-state index is 12.6. The van der Waals surface area contributed by atoms with Crippen molar-refractivity contribution in [1.29, 1.82) is 0 Å². The molecular formula is C111H182O23. The lowest BCUT2D eigenvalue weighted by Crippen LogP contribution is -2.61. The number of aliphatic hydroxyl groups is 1. The number of ether oxygens (including phenoxy) is 12. The zero-order valence-corrected chi connectivity index (χ0v) is 88.4. The van der Waals surface area contributed by atoms with Crippen molar-refractivity contribution in [2.45, 2.75) is 501 Å². The Morgan fingerprint density at radius 3 is 1.25 bits per heavy atom. The average molecular weight is 1880 g/mol. The third kappa shape index (κ3) is 23.6. The van der Waals surface area contributed by atoms with Crippen LogP contribution in [0.3, 0.4) is 0 Å². The third-order valence-electron chi connectivity index (χ3n) is 38.2. The smallest absolute Gasteiger partial charge is 0.344 e. The van der Waals surface area contributed by atoms with Crippen LogP contribution in [0.5, 0.6) is 0 Å². The van der Waals surface area contributed by atoms with E-state index in [9.17, 15) is 53.1 Å². The molecule has 23 nitrogen and oxygen atoms in total. The van der Waals surface area contributed by atoms with Gasteiger partial charge >= 0.3 is 59.7 Å². The van der Waals surface area contributed by atoms with Crippen molar-refractivity contribution in [2.75, 3.05) is 13.2 Å². The molecule has 0 amide bonds. The van der Waals surface area contributed by atoms with Crippen LogP contribution >= 0.6 is 0 Å². The SMILES string of the molecule is CCC(C)(C)C(=O)OC(C)(C)C12CC3CC(CC(C3)C1)C2.CCC(C)(C)C(=O)OC1(C)C2CC3CC(C2)CC1C3.CCC(C)(C)C(=O)OC12CC3CC(CC(O)(C3)C1)C2.CCC(C)(C)C(=O)OCC(=O)OC1C2CC3C1OC(=O)C3C2C.CCC(C)(C)C(=O)OCC(C)OC1C2CC3C(=O)OC1C3O2.CCC1(OC(=O)C(C)(C)CC)CCCC1.CCC1(OC(=O)C(C)(C)CC)CCCC1. The molecule has 20 aliphatic rings. The Labute approximate surface area is 806 Å². The monoisotopic (exact) mass is 1880 g/mol. The van der Waals surface area contributed by atoms with Crippen LogP contribution in [-0.2, 0) is 105 Å². The molecule has 16 aliphatic carbocycles. The molecular weight excluding hydrogens is 1700 g/mol. The Hall–Kier alpha value is -5.42. The number of hydrogen-bond donors (Lipinski definition) is 1. The largest absolute Gasteiger partial charge is 0.463 e. The van der Waals surface area contributed by atoms with Crippen molar-refractivity contribution >= 4 is 59.7 Å². The maximum atomic E-state index is 12.6. The van der Waals surface area contributed by atoms with Gasteiger partial charge in [-0.3, -0.25) is 43.2 Å². The highest BCUT2D eigenvalue weighted by Crippen LogP contribution is 2.66. The van der Waals surface area contributed by atoms with Gasteiger partial charge in [-0.1, -0.05) is 69.2 Å². The van der Waals surface area contributed by atoms with Crippen LogP contribution < -0.4 is 0 Å². The van der Waals surface area contributed by atoms with Crippen LogP contribution in [0.25, 0.3) is 0 Å². The second kappa shape index (κ2) is 41.6. The summed E-state index contributed by atoms with van der Waals surface area (Å²) in [4.78, 5) is 121. The van der Waals surface area contributed by atoms with Crippen LogP contribution in [0.4, 0.5) is 0 Å². The minimum atomic E-state index is -0.616. The van der Waals surface area contributed by atoms with Gasteiger partial charge in [-0.25, -0.2) is 4.79 Å². The lowest BCUT2D eigenvalue weighted by atomic mass is 9.46. The van der Waals surface area contributed by atoms with E-state index in [1.54, 1.807) is 13.8 Å². The van der Waals surface area contributed by atoms with E-state index in [4.69, 9.17) is 56.8 Å². The standard InChI is InChI=1S/C19H32O2.C17H24O6.C17H28O2.C16H24O6.C16H26O3.2C13H24O2/c1-6-17(2,3)16(20)21-18(4,5)19-10-13-7-14(11-19)9-15(8-13)12-19;1-5-17(3,4)16(20)21-7-11(18)22-13-9-6-10-12(8(9)2)15(19)23-14(10)13;1-5-16(2,3)15(18)19-17(4)13-7-11-6-12(9-13)10-14(17)8-11;1-5-16(3,4)15(18)19-7-8(2)20-12-10-6-9-11(21-10)13(12)22-14(9)17;1-4-14(2,3)13(17)19-16-8-11-5-12(9-16)7-15(18,6-11)10-16;2*1-5-12(3,4)11(14)15-13(6-2)9-7-8-10-13/h13-15H,6-12H2,1-5H3;8-10,12-14H,5-7H2,1-4H3;11-14H,5-10H2,1-4H3;8-13H,5-7H2,1-4H3;11-12,18H,4-10H2,1-3H3;2*5-10H2,1-4H3. The number of esters is 10. The molecule has 0 aromatic heterocycles. The molecule has 0 radical (unpaired) electrons. The summed E-state index contributed by atoms with van der Waals surface area (Å²) in [5.74, 6) is 5.60. The van der Waals surface area contributed by atoms with Crippen LogP contribution in [0.2, 0.25) is 0 Å². The van der Waals surface area contributed by atoms with Gasteiger partial charge in [-0.15, -0.1) is 0 Å². The van der Waals surface area contributed by atoms with E-state index in [1.165, 1.54) is 103 Å². The van der Waals surface area contributed by atoms with Gasteiger partial charge in [-0.05, 0) is 409 Å². The molecule has 20 fully saturated rings. The normalized spacial score (nSPS) is 35.8. The van der Waals surface area contributed by atoms with E-state index in [1.807, 2.05) is 132 Å². The number of rotatable bonds is 29. The van der Waals surface area contributed by atoms with Crippen LogP contribution in [0.15, 0.2) is 0 Å². The van der Waals surface area contributed by atoms with Crippen molar-refractivity contribution in [3.63, 3.8) is 0 Å². The van der Waals surface area contributed by atoms with E-state index >= 15 is 0 Å². The van der Waals surface area contributed by atoms with Gasteiger partial charge in [0.15, 0.2) is 12.7 Å². The maximum Gasteiger partial charge on any atom is 0.344 e. The Morgan fingerprint density at radius 1 is 0.425 bits per heavy atom. The van der Waals surface area contributed by atoms with Gasteiger partial charge < -0.3 is 61.9 Å². The number of hydrogen-bond acceptors (Lipinski definition) is 23. The highest BCUT2D eigenvalue weighted by atomic mass is 16.7. The molecule has 764 valence electrons. The van der Waals surface area contributed by atoms with Crippen LogP contribution in [-0.4, -0.2) is 154 Å². The molecule has 4 saturated heterocycles. The van der Waals surface area contributed by atoms with E-state index in [-0.39, 0.29) is 176 Å². The van der Waals surface area contributed by atoms with E-state index in [0.29, 0.717) is 42.9 Å². The fourth-order valence-electron chi connectivity index (χ4n) is 26.4. The average Bonchev–Trinajstić information content (AvgIpc) is 1.43. The van der Waals surface area contributed by atoms with Crippen molar-refractivity contribution < 1.29 is 110 Å². The summed E-state index contributed by atoms with van der Waals surface area (Å²) in [7, 11) is 0. The van der Waals surface area contributed by atoms with Gasteiger partial charge in [0.2, 0.25) is 0 Å². The first-order valence-corrected chi connectivity index (χ1v) is 53.4. The van der Waals surface area contributed by atoms with Crippen LogP contribution in [0, 0.1) is 126 Å². The minimum absolute atomic E-state index is 0.00857. The summed E-state index contributed by atoms with van der Waals surface area (Å²) >= 11 is 0. The first kappa shape index (κ1) is 109. The summed E-state index contributed by atoms with van der Waals surface area (Å²) in [5.41, 5.74) is -4.28. The Kier molecular flexibility index (Phi) is 33.9. The second-order valence-corrected chi connectivity index (χ2v) is 50.9. The van der Waals surface area contributed by atoms with E-state index in [2.05, 4.69) is 48.5 Å². The molecule has 16 bridgehead atoms. The van der Waals surface area contributed by atoms with Crippen molar-refractivity contribution in [1.82, 2.24) is 0 Å². The quantitative estimate of drug-likeness (QED) is 0.0537. The fraction of sp³-hybridized carbons (Fsp3) is 0.910. The van der Waals surface area contributed by atoms with Crippen molar-refractivity contribution in [2.24, 2.45) is 126 Å².